The molecule has 9 heteroatoms. The number of quaternary nitrogens is 1. The number of unbranched alkanes of at least 4 members (excludes halogenated alkanes) is 38. The van der Waals surface area contributed by atoms with E-state index in [1.807, 2.05) is 21.1 Å². The summed E-state index contributed by atoms with van der Waals surface area (Å²) in [5.74, 6) is -2.31. The normalized spacial score (nSPS) is 13.2. The Morgan fingerprint density at radius 3 is 0.955 bits per heavy atom. The van der Waals surface area contributed by atoms with Crippen molar-refractivity contribution in [1.29, 1.82) is 0 Å². The van der Waals surface area contributed by atoms with Gasteiger partial charge < -0.3 is 33.3 Å². The number of allylic oxidation sites excluding steroid dienone is 16. The molecule has 89 heavy (non-hydrogen) atoms. The van der Waals surface area contributed by atoms with Gasteiger partial charge in [0.05, 0.1) is 40.3 Å². The van der Waals surface area contributed by atoms with Crippen LogP contribution >= 0.6 is 0 Å². The highest BCUT2D eigenvalue weighted by Gasteiger charge is 2.22. The van der Waals surface area contributed by atoms with Crippen LogP contribution in [0.5, 0.6) is 0 Å². The zero-order chi connectivity index (χ0) is 64.7. The SMILES string of the molecule is CC/C=C\C/C=C\C/C=C\C/C=C\C/C=C\C/C=C\C/C=C\C/C=C\CCCCCCC(=O)OC(COC(=O)CCCCCCCCCCCCCCCCCCCCCCCCCCCCCCCCCCCCC)COC(OCC[N+](C)(C)C)C(=O)[O-]. The van der Waals surface area contributed by atoms with Crippen molar-refractivity contribution in [3.05, 3.63) is 97.2 Å². The van der Waals surface area contributed by atoms with Gasteiger partial charge in [0.1, 0.15) is 13.2 Å². The zero-order valence-corrected chi connectivity index (χ0v) is 58.8. The number of ether oxygens (including phenoxy) is 4. The zero-order valence-electron chi connectivity index (χ0n) is 58.8. The lowest BCUT2D eigenvalue weighted by Gasteiger charge is -2.26. The number of carboxylic acids is 1. The Bertz CT molecular complexity index is 1790. The summed E-state index contributed by atoms with van der Waals surface area (Å²) in [6.45, 7) is 4.64. The number of nitrogens with zero attached hydrogens (tertiary/aromatic N) is 1. The molecule has 0 radical (unpaired) electrons. The van der Waals surface area contributed by atoms with Crippen molar-refractivity contribution in [3.63, 3.8) is 0 Å². The fourth-order valence-corrected chi connectivity index (χ4v) is 10.7. The highest BCUT2D eigenvalue weighted by atomic mass is 16.7. The Balaban J connectivity index is 4.10. The Labute approximate surface area is 550 Å². The van der Waals surface area contributed by atoms with E-state index < -0.39 is 24.3 Å². The Morgan fingerprint density at radius 2 is 0.640 bits per heavy atom. The molecule has 514 valence electrons. The van der Waals surface area contributed by atoms with Crippen molar-refractivity contribution >= 4 is 17.9 Å². The van der Waals surface area contributed by atoms with E-state index in [0.717, 1.165) is 96.3 Å². The number of aliphatic carboxylic acids is 1. The molecule has 0 N–H and O–H groups in total. The topological polar surface area (TPSA) is 111 Å². The van der Waals surface area contributed by atoms with Crippen LogP contribution in [0, 0.1) is 0 Å². The number of carbonyl (C=O) groups excluding carboxylic acids is 3. The molecule has 0 aromatic heterocycles. The Hall–Kier alpha value is -3.79. The number of carboxylic acid groups (broad SMARTS) is 1. The van der Waals surface area contributed by atoms with E-state index in [9.17, 15) is 19.5 Å². The van der Waals surface area contributed by atoms with Gasteiger partial charge in [0.15, 0.2) is 12.4 Å². The number of esters is 2. The summed E-state index contributed by atoms with van der Waals surface area (Å²) in [6, 6.07) is 0. The molecule has 0 aromatic carbocycles. The van der Waals surface area contributed by atoms with Gasteiger partial charge in [-0.25, -0.2) is 0 Å². The van der Waals surface area contributed by atoms with Gasteiger partial charge >= 0.3 is 11.9 Å². The Kier molecular flexibility index (Phi) is 67.1. The number of hydrogen-bond donors (Lipinski definition) is 0. The van der Waals surface area contributed by atoms with Crippen molar-refractivity contribution in [2.75, 3.05) is 47.5 Å². The quantitative estimate of drug-likeness (QED) is 0.0195. The summed E-state index contributed by atoms with van der Waals surface area (Å²) in [6.07, 6.45) is 93.8. The van der Waals surface area contributed by atoms with Crippen LogP contribution < -0.4 is 5.11 Å². The lowest BCUT2D eigenvalue weighted by molar-refractivity contribution is -0.870. The molecule has 0 saturated carbocycles. The molecule has 0 spiro atoms. The summed E-state index contributed by atoms with van der Waals surface area (Å²) in [7, 11) is 5.92. The summed E-state index contributed by atoms with van der Waals surface area (Å²) in [5, 5.41) is 11.8. The van der Waals surface area contributed by atoms with Gasteiger partial charge in [-0.3, -0.25) is 9.59 Å². The average Bonchev–Trinajstić information content (AvgIpc) is 3.71. The van der Waals surface area contributed by atoms with E-state index >= 15 is 0 Å². The maximum absolute atomic E-state index is 12.9. The third kappa shape index (κ3) is 71.5. The van der Waals surface area contributed by atoms with Gasteiger partial charge in [0.25, 0.3) is 0 Å². The molecule has 2 atom stereocenters. The minimum absolute atomic E-state index is 0.139. The van der Waals surface area contributed by atoms with E-state index in [0.29, 0.717) is 17.4 Å². The molecule has 0 bridgehead atoms. The predicted octanol–water partition coefficient (Wildman–Crippen LogP) is 22.3. The fourth-order valence-electron chi connectivity index (χ4n) is 10.7. The second kappa shape index (κ2) is 70.1. The van der Waals surface area contributed by atoms with Crippen LogP contribution in [0.2, 0.25) is 0 Å². The van der Waals surface area contributed by atoms with Crippen LogP contribution in [0.1, 0.15) is 335 Å². The van der Waals surface area contributed by atoms with Crippen LogP contribution in [0.25, 0.3) is 0 Å². The number of likely N-dealkylation sites (N-methyl/N-ethyl adjacent to an activating group) is 1. The molecule has 2 unspecified atom stereocenters. The second-order valence-corrected chi connectivity index (χ2v) is 26.2. The lowest BCUT2D eigenvalue weighted by atomic mass is 10.0. The molecule has 0 amide bonds. The van der Waals surface area contributed by atoms with Gasteiger partial charge in [-0.15, -0.1) is 0 Å². The first-order chi connectivity index (χ1) is 43.6. The van der Waals surface area contributed by atoms with Crippen LogP contribution in [-0.2, 0) is 33.3 Å². The van der Waals surface area contributed by atoms with Crippen molar-refractivity contribution in [1.82, 2.24) is 0 Å². The Morgan fingerprint density at radius 1 is 0.348 bits per heavy atom. The van der Waals surface area contributed by atoms with Crippen molar-refractivity contribution in [3.8, 4) is 0 Å². The van der Waals surface area contributed by atoms with Crippen molar-refractivity contribution in [2.45, 2.75) is 347 Å². The maximum atomic E-state index is 12.9. The van der Waals surface area contributed by atoms with E-state index in [-0.39, 0.29) is 38.6 Å². The van der Waals surface area contributed by atoms with Gasteiger partial charge in [-0.05, 0) is 77.0 Å². The first-order valence-corrected chi connectivity index (χ1v) is 37.4. The highest BCUT2D eigenvalue weighted by Crippen LogP contribution is 2.19. The fraction of sp³-hybridized carbons (Fsp3) is 0.762. The van der Waals surface area contributed by atoms with Gasteiger partial charge in [0.2, 0.25) is 0 Å². The smallest absolute Gasteiger partial charge is 0.306 e. The maximum Gasteiger partial charge on any atom is 0.306 e. The standard InChI is InChI=1S/C80H141NO8/c1-6-8-10-12-14-16-18-20-22-24-26-28-30-32-34-36-37-38-39-40-41-43-44-46-48-50-52-54-56-58-60-62-64-66-68-70-77(82)87-74-76(75-88-80(79(84)85)86-73-72-81(3,4)5)89-78(83)71-69-67-65-63-61-59-57-55-53-51-49-47-45-42-35-33-31-29-27-25-23-21-19-17-15-13-11-9-7-2/h9,11,15,17,21,23,27,29,33,35,45,47,51,53,57,59,76,80H,6-8,10,12-14,16,18-20,22,24-26,28,30-32,34,36-44,46,48-50,52,54-56,58,60-75H2,1-5H3/b11-9-,17-15-,23-21-,29-27-,35-33-,47-45-,53-51-,59-57-. The lowest BCUT2D eigenvalue weighted by Crippen LogP contribution is -2.44. The van der Waals surface area contributed by atoms with E-state index in [2.05, 4.69) is 111 Å². The van der Waals surface area contributed by atoms with Gasteiger partial charge in [-0.1, -0.05) is 342 Å². The minimum atomic E-state index is -1.63. The molecule has 0 aliphatic carbocycles. The summed E-state index contributed by atoms with van der Waals surface area (Å²) >= 11 is 0. The van der Waals surface area contributed by atoms with Crippen molar-refractivity contribution in [2.24, 2.45) is 0 Å². The average molecular weight is 1250 g/mol. The van der Waals surface area contributed by atoms with Crippen LogP contribution in [0.4, 0.5) is 0 Å². The number of rotatable bonds is 69. The summed E-state index contributed by atoms with van der Waals surface area (Å²) < 4.78 is 22.8. The minimum Gasteiger partial charge on any atom is -0.545 e. The van der Waals surface area contributed by atoms with Crippen molar-refractivity contribution < 1.29 is 42.9 Å². The third-order valence-electron chi connectivity index (χ3n) is 16.3. The van der Waals surface area contributed by atoms with Gasteiger partial charge in [0, 0.05) is 12.8 Å². The predicted molar refractivity (Wildman–Crippen MR) is 380 cm³/mol. The first-order valence-electron chi connectivity index (χ1n) is 37.4. The van der Waals surface area contributed by atoms with Gasteiger partial charge in [-0.2, -0.15) is 0 Å². The molecule has 0 aromatic rings. The molecular weight excluding hydrogens is 1100 g/mol. The molecular formula is C80H141NO8. The molecule has 0 saturated heterocycles. The number of hydrogen-bond acceptors (Lipinski definition) is 8. The molecule has 9 nitrogen and oxygen atoms in total. The largest absolute Gasteiger partial charge is 0.545 e. The molecule has 0 fully saturated rings. The van der Waals surface area contributed by atoms with E-state index in [1.165, 1.54) is 205 Å². The monoisotopic (exact) mass is 1240 g/mol. The summed E-state index contributed by atoms with van der Waals surface area (Å²) in [4.78, 5) is 37.5. The molecule has 0 rings (SSSR count). The van der Waals surface area contributed by atoms with E-state index in [1.54, 1.807) is 0 Å². The van der Waals surface area contributed by atoms with Crippen LogP contribution in [0.15, 0.2) is 97.2 Å². The molecule has 0 aliphatic heterocycles. The number of carbonyl (C=O) groups is 3. The highest BCUT2D eigenvalue weighted by molar-refractivity contribution is 5.70. The van der Waals surface area contributed by atoms with Crippen LogP contribution in [-0.4, -0.2) is 82.3 Å². The molecule has 0 aliphatic rings. The third-order valence-corrected chi connectivity index (χ3v) is 16.3. The summed E-state index contributed by atoms with van der Waals surface area (Å²) in [5.41, 5.74) is 0. The van der Waals surface area contributed by atoms with Crippen LogP contribution in [0.3, 0.4) is 0 Å². The molecule has 0 heterocycles. The first kappa shape index (κ1) is 85.2. The van der Waals surface area contributed by atoms with E-state index in [4.69, 9.17) is 18.9 Å². The second-order valence-electron chi connectivity index (χ2n) is 26.2.